The van der Waals surface area contributed by atoms with Crippen molar-refractivity contribution < 1.29 is 22.5 Å². The highest BCUT2D eigenvalue weighted by Gasteiger charge is 2.14. The zero-order valence-electron chi connectivity index (χ0n) is 10.2. The number of ether oxygens (including phenoxy) is 1. The predicted octanol–water partition coefficient (Wildman–Crippen LogP) is 0.0682. The minimum Gasteiger partial charge on any atom is -0.461 e. The summed E-state index contributed by atoms with van der Waals surface area (Å²) < 4.78 is 34.3. The summed E-state index contributed by atoms with van der Waals surface area (Å²) in [6.07, 6.45) is 0.406. The Kier molecular flexibility index (Phi) is 5.62. The molecule has 1 N–H and O–H groups in total. The molecule has 0 saturated heterocycles. The zero-order chi connectivity index (χ0) is 14.5. The maximum atomic E-state index is 11.8. The second-order valence-corrected chi connectivity index (χ2v) is 5.39. The normalized spacial score (nSPS) is 11.2. The van der Waals surface area contributed by atoms with E-state index in [4.69, 9.17) is 25.0 Å². The lowest BCUT2D eigenvalue weighted by atomic mass is 9.89. The molecule has 1 aromatic rings. The van der Waals surface area contributed by atoms with E-state index in [1.54, 1.807) is 18.2 Å². The third kappa shape index (κ3) is 5.08. The molecule has 0 aliphatic carbocycles. The summed E-state index contributed by atoms with van der Waals surface area (Å²) >= 11 is 0. The molecule has 1 rings (SSSR count). The van der Waals surface area contributed by atoms with Gasteiger partial charge in [-0.3, -0.25) is 4.55 Å². The summed E-state index contributed by atoms with van der Waals surface area (Å²) in [5, 5.41) is 0. The number of carbonyl (C=O) groups excluding carboxylic acids is 1. The van der Waals surface area contributed by atoms with Gasteiger partial charge in [0, 0.05) is 0 Å². The predicted molar refractivity (Wildman–Crippen MR) is 72.1 cm³/mol. The van der Waals surface area contributed by atoms with Gasteiger partial charge in [0.15, 0.2) is 0 Å². The van der Waals surface area contributed by atoms with Crippen LogP contribution in [0.25, 0.3) is 0 Å². The molecule has 0 saturated carbocycles. The van der Waals surface area contributed by atoms with Crippen molar-refractivity contribution >= 4 is 31.8 Å². The maximum absolute atomic E-state index is 11.8. The molecule has 1 aromatic carbocycles. The minimum absolute atomic E-state index is 0.146. The molecule has 0 spiro atoms. The molecule has 8 heteroatoms. The van der Waals surface area contributed by atoms with Crippen molar-refractivity contribution in [3.8, 4) is 0 Å². The molecule has 0 bridgehead atoms. The summed E-state index contributed by atoms with van der Waals surface area (Å²) in [6, 6.07) is 4.97. The molecule has 4 radical (unpaired) electrons. The van der Waals surface area contributed by atoms with E-state index in [9.17, 15) is 13.2 Å². The lowest BCUT2D eigenvalue weighted by molar-refractivity contribution is 0.0527. The van der Waals surface area contributed by atoms with Crippen LogP contribution in [-0.2, 0) is 27.5 Å². The van der Waals surface area contributed by atoms with Crippen LogP contribution in [0.5, 0.6) is 0 Å². The lowest BCUT2D eigenvalue weighted by Gasteiger charge is -2.10. The highest BCUT2D eigenvalue weighted by molar-refractivity contribution is 7.85. The third-order valence-electron chi connectivity index (χ3n) is 2.42. The molecule has 19 heavy (non-hydrogen) atoms. The van der Waals surface area contributed by atoms with Gasteiger partial charge in [0.1, 0.15) is 12.4 Å². The fourth-order valence-electron chi connectivity index (χ4n) is 1.44. The molecule has 0 aliphatic rings. The Bertz CT molecular complexity index is 556. The van der Waals surface area contributed by atoms with Gasteiger partial charge in [-0.25, -0.2) is 4.79 Å². The number of carbonyl (C=O) groups is 1. The largest absolute Gasteiger partial charge is 0.461 e. The second kappa shape index (κ2) is 6.77. The Hall–Kier alpha value is -1.27. The Morgan fingerprint density at radius 2 is 1.95 bits per heavy atom. The van der Waals surface area contributed by atoms with Gasteiger partial charge in [-0.2, -0.15) is 8.42 Å². The van der Waals surface area contributed by atoms with Gasteiger partial charge in [0.05, 0.1) is 21.3 Å². The monoisotopic (exact) mass is 278 g/mol. The minimum atomic E-state index is -4.15. The van der Waals surface area contributed by atoms with E-state index in [0.717, 1.165) is 5.56 Å². The van der Waals surface area contributed by atoms with Crippen molar-refractivity contribution in [1.29, 1.82) is 0 Å². The van der Waals surface area contributed by atoms with Crippen molar-refractivity contribution in [2.24, 2.45) is 0 Å². The number of benzene rings is 1. The van der Waals surface area contributed by atoms with E-state index in [1.165, 1.54) is 0 Å². The van der Waals surface area contributed by atoms with Crippen LogP contribution in [0.4, 0.5) is 0 Å². The van der Waals surface area contributed by atoms with Gasteiger partial charge >= 0.3 is 5.97 Å². The van der Waals surface area contributed by atoms with Crippen LogP contribution in [0.3, 0.4) is 0 Å². The average Bonchev–Trinajstić information content (AvgIpc) is 2.36. The molecule has 0 heterocycles. The summed E-state index contributed by atoms with van der Waals surface area (Å²) in [6.45, 7) is -0.422. The molecular formula is C11H12B2O5S. The van der Waals surface area contributed by atoms with Crippen molar-refractivity contribution in [3.63, 3.8) is 0 Å². The fourth-order valence-corrected chi connectivity index (χ4v) is 1.73. The van der Waals surface area contributed by atoms with Crippen molar-refractivity contribution in [2.45, 2.75) is 12.6 Å². The second-order valence-electron chi connectivity index (χ2n) is 3.82. The molecule has 98 valence electrons. The maximum Gasteiger partial charge on any atom is 0.338 e. The van der Waals surface area contributed by atoms with E-state index in [0.29, 0.717) is 5.56 Å². The van der Waals surface area contributed by atoms with E-state index < -0.39 is 28.4 Å². The molecular weight excluding hydrogens is 266 g/mol. The standard InChI is InChI=1S/C11H12B2O5S/c12-6-8-1-2-9(7-13)10(5-8)11(14)18-3-4-19(15,16)17/h1-2,5H,3-4,6-7H2,(H,15,16,17). The SMILES string of the molecule is [B]Cc1ccc(C[B])c(C(=O)OCCS(=O)(=O)O)c1. The van der Waals surface area contributed by atoms with Crippen molar-refractivity contribution in [3.05, 3.63) is 34.9 Å². The first-order chi connectivity index (χ1) is 8.87. The van der Waals surface area contributed by atoms with Gasteiger partial charge < -0.3 is 4.74 Å². The van der Waals surface area contributed by atoms with E-state index >= 15 is 0 Å². The molecule has 0 aliphatic heterocycles. The third-order valence-corrected chi connectivity index (χ3v) is 3.11. The number of esters is 1. The molecule has 0 amide bonds. The van der Waals surface area contributed by atoms with Crippen LogP contribution < -0.4 is 0 Å². The van der Waals surface area contributed by atoms with E-state index in [2.05, 4.69) is 0 Å². The first kappa shape index (κ1) is 15.8. The van der Waals surface area contributed by atoms with Crippen molar-refractivity contribution in [2.75, 3.05) is 12.4 Å². The Labute approximate surface area is 114 Å². The molecule has 0 unspecified atom stereocenters. The summed E-state index contributed by atoms with van der Waals surface area (Å²) in [4.78, 5) is 11.8. The van der Waals surface area contributed by atoms with E-state index in [-0.39, 0.29) is 18.2 Å². The highest BCUT2D eigenvalue weighted by Crippen LogP contribution is 2.14. The molecule has 0 aromatic heterocycles. The quantitative estimate of drug-likeness (QED) is 0.452. The number of rotatable bonds is 6. The lowest BCUT2D eigenvalue weighted by Crippen LogP contribution is -2.16. The van der Waals surface area contributed by atoms with Crippen LogP contribution in [0.2, 0.25) is 0 Å². The van der Waals surface area contributed by atoms with Crippen LogP contribution in [0, 0.1) is 0 Å². The van der Waals surface area contributed by atoms with Crippen LogP contribution in [-0.4, -0.2) is 47.0 Å². The van der Waals surface area contributed by atoms with Gasteiger partial charge in [-0.05, 0) is 11.6 Å². The van der Waals surface area contributed by atoms with Crippen LogP contribution in [0.1, 0.15) is 21.5 Å². The zero-order valence-corrected chi connectivity index (χ0v) is 11.0. The van der Waals surface area contributed by atoms with E-state index in [1.807, 2.05) is 0 Å². The van der Waals surface area contributed by atoms with Gasteiger partial charge in [-0.15, -0.1) is 0 Å². The number of hydrogen-bond acceptors (Lipinski definition) is 4. The first-order valence-corrected chi connectivity index (χ1v) is 7.12. The Morgan fingerprint density at radius 3 is 2.47 bits per heavy atom. The smallest absolute Gasteiger partial charge is 0.338 e. The summed E-state index contributed by atoms with van der Waals surface area (Å²) in [5.41, 5.74) is 1.56. The van der Waals surface area contributed by atoms with Crippen LogP contribution in [0.15, 0.2) is 18.2 Å². The number of hydrogen-bond donors (Lipinski definition) is 1. The van der Waals surface area contributed by atoms with Crippen molar-refractivity contribution in [1.82, 2.24) is 0 Å². The van der Waals surface area contributed by atoms with Gasteiger partial charge in [0.2, 0.25) is 0 Å². The summed E-state index contributed by atoms with van der Waals surface area (Å²) in [5.74, 6) is -1.34. The highest BCUT2D eigenvalue weighted by atomic mass is 32.2. The molecule has 0 fully saturated rings. The Morgan fingerprint density at radius 1 is 1.26 bits per heavy atom. The molecule has 0 atom stereocenters. The topological polar surface area (TPSA) is 80.7 Å². The van der Waals surface area contributed by atoms with Crippen LogP contribution >= 0.6 is 0 Å². The average molecular weight is 278 g/mol. The fraction of sp³-hybridized carbons (Fsp3) is 0.364. The van der Waals surface area contributed by atoms with Gasteiger partial charge in [-0.1, -0.05) is 30.3 Å². The first-order valence-electron chi connectivity index (χ1n) is 5.51. The summed E-state index contributed by atoms with van der Waals surface area (Å²) in [7, 11) is 6.82. The molecule has 5 nitrogen and oxygen atoms in total. The Balaban J connectivity index is 2.80. The van der Waals surface area contributed by atoms with Gasteiger partial charge in [0.25, 0.3) is 10.1 Å².